The Balaban J connectivity index is 3.16. The number of aromatic hydroxyl groups is 1. The number of ether oxygens (including phenoxy) is 1. The lowest BCUT2D eigenvalue weighted by Crippen LogP contribution is -2.09. The molecule has 0 saturated carbocycles. The Morgan fingerprint density at radius 1 is 1.61 bits per heavy atom. The molecular weight excluding hydrogens is 240 g/mol. The number of nitro groups is 1. The van der Waals surface area contributed by atoms with Gasteiger partial charge in [0.2, 0.25) is 0 Å². The maximum atomic E-state index is 11.3. The van der Waals surface area contributed by atoms with Crippen LogP contribution in [0.25, 0.3) is 0 Å². The smallest absolute Gasteiger partial charge is 0.310 e. The minimum absolute atomic E-state index is 0.0292. The van der Waals surface area contributed by atoms with E-state index in [4.69, 9.17) is 5.26 Å². The van der Waals surface area contributed by atoms with Gasteiger partial charge in [0.25, 0.3) is 5.69 Å². The first-order valence-corrected chi connectivity index (χ1v) is 5.05. The third-order valence-corrected chi connectivity index (χ3v) is 2.17. The van der Waals surface area contributed by atoms with Gasteiger partial charge in [-0.1, -0.05) is 0 Å². The molecule has 1 aromatic rings. The number of carbonyl (C=O) groups excluding carboxylic acids is 1. The van der Waals surface area contributed by atoms with Gasteiger partial charge in [-0.3, -0.25) is 14.9 Å². The zero-order valence-corrected chi connectivity index (χ0v) is 9.54. The normalized spacial score (nSPS) is 9.56. The summed E-state index contributed by atoms with van der Waals surface area (Å²) in [5.41, 5.74) is -0.493. The van der Waals surface area contributed by atoms with E-state index in [0.29, 0.717) is 0 Å². The van der Waals surface area contributed by atoms with Gasteiger partial charge < -0.3 is 9.84 Å². The number of esters is 1. The molecule has 7 nitrogen and oxygen atoms in total. The van der Waals surface area contributed by atoms with E-state index < -0.39 is 22.3 Å². The third kappa shape index (κ3) is 2.95. The SMILES string of the molecule is CCOC(=O)Cc1c(O)cc([N+](=O)[O-])cc1C#N. The summed E-state index contributed by atoms with van der Waals surface area (Å²) in [4.78, 5) is 21.1. The summed E-state index contributed by atoms with van der Waals surface area (Å²) in [5, 5.41) is 29.0. The molecule has 0 saturated heterocycles. The average Bonchev–Trinajstić information content (AvgIpc) is 2.31. The molecule has 0 spiro atoms. The Hall–Kier alpha value is -2.62. The van der Waals surface area contributed by atoms with Gasteiger partial charge in [-0.25, -0.2) is 0 Å². The number of nitro benzene ring substituents is 1. The molecule has 0 radical (unpaired) electrons. The van der Waals surface area contributed by atoms with Gasteiger partial charge >= 0.3 is 5.97 Å². The first-order valence-electron chi connectivity index (χ1n) is 5.05. The van der Waals surface area contributed by atoms with Crippen molar-refractivity contribution in [3.05, 3.63) is 33.4 Å². The van der Waals surface area contributed by atoms with Crippen LogP contribution in [0.1, 0.15) is 18.1 Å². The number of non-ortho nitro benzene ring substituents is 1. The summed E-state index contributed by atoms with van der Waals surface area (Å²) in [6, 6.07) is 3.61. The topological polar surface area (TPSA) is 113 Å². The molecule has 1 rings (SSSR count). The largest absolute Gasteiger partial charge is 0.507 e. The van der Waals surface area contributed by atoms with Gasteiger partial charge in [-0.05, 0) is 6.92 Å². The fraction of sp³-hybridized carbons (Fsp3) is 0.273. The highest BCUT2D eigenvalue weighted by Crippen LogP contribution is 2.28. The highest BCUT2D eigenvalue weighted by molar-refractivity contribution is 5.75. The lowest BCUT2D eigenvalue weighted by Gasteiger charge is -2.06. The van der Waals surface area contributed by atoms with Gasteiger partial charge in [0.15, 0.2) is 0 Å². The number of nitriles is 1. The van der Waals surface area contributed by atoms with Crippen LogP contribution in [0, 0.1) is 21.4 Å². The Morgan fingerprint density at radius 3 is 2.78 bits per heavy atom. The van der Waals surface area contributed by atoms with Crippen LogP contribution in [0.4, 0.5) is 5.69 Å². The monoisotopic (exact) mass is 250 g/mol. The molecule has 0 aliphatic rings. The minimum Gasteiger partial charge on any atom is -0.507 e. The first kappa shape index (κ1) is 13.4. The summed E-state index contributed by atoms with van der Waals surface area (Å²) < 4.78 is 4.68. The minimum atomic E-state index is -0.727. The summed E-state index contributed by atoms with van der Waals surface area (Å²) in [7, 11) is 0. The van der Waals surface area contributed by atoms with E-state index in [1.165, 1.54) is 0 Å². The van der Waals surface area contributed by atoms with Crippen molar-refractivity contribution in [2.24, 2.45) is 0 Å². The maximum Gasteiger partial charge on any atom is 0.310 e. The van der Waals surface area contributed by atoms with Crippen molar-refractivity contribution in [1.29, 1.82) is 5.26 Å². The number of rotatable bonds is 4. The van der Waals surface area contributed by atoms with Gasteiger partial charge in [0.05, 0.1) is 35.7 Å². The first-order chi connectivity index (χ1) is 8.49. The lowest BCUT2D eigenvalue weighted by atomic mass is 10.0. The second-order valence-electron chi connectivity index (χ2n) is 3.34. The number of benzene rings is 1. The van der Waals surface area contributed by atoms with E-state index in [9.17, 15) is 20.0 Å². The molecule has 1 aromatic carbocycles. The second kappa shape index (κ2) is 5.63. The Kier molecular flexibility index (Phi) is 4.21. The van der Waals surface area contributed by atoms with Crippen LogP contribution in [-0.4, -0.2) is 22.6 Å². The number of nitrogens with zero attached hydrogens (tertiary/aromatic N) is 2. The number of phenols is 1. The van der Waals surface area contributed by atoms with Crippen molar-refractivity contribution < 1.29 is 19.6 Å². The average molecular weight is 250 g/mol. The molecule has 0 aromatic heterocycles. The number of phenolic OH excluding ortho intramolecular Hbond substituents is 1. The zero-order valence-electron chi connectivity index (χ0n) is 9.54. The molecule has 0 heterocycles. The molecule has 0 aliphatic heterocycles. The van der Waals surface area contributed by atoms with Crippen LogP contribution in [0.3, 0.4) is 0 Å². The summed E-state index contributed by atoms with van der Waals surface area (Å²) in [5.74, 6) is -1.08. The lowest BCUT2D eigenvalue weighted by molar-refractivity contribution is -0.385. The fourth-order valence-electron chi connectivity index (χ4n) is 1.39. The number of carbonyl (C=O) groups is 1. The summed E-state index contributed by atoms with van der Waals surface area (Å²) in [6.07, 6.45) is -0.305. The number of hydrogen-bond acceptors (Lipinski definition) is 6. The molecule has 0 aliphatic carbocycles. The highest BCUT2D eigenvalue weighted by Gasteiger charge is 2.18. The van der Waals surface area contributed by atoms with Gasteiger partial charge in [-0.2, -0.15) is 5.26 Å². The molecule has 0 unspecified atom stereocenters. The molecule has 94 valence electrons. The number of hydrogen-bond donors (Lipinski definition) is 1. The van der Waals surface area contributed by atoms with E-state index in [1.54, 1.807) is 13.0 Å². The van der Waals surface area contributed by atoms with E-state index in [0.717, 1.165) is 12.1 Å². The van der Waals surface area contributed by atoms with Gasteiger partial charge in [0, 0.05) is 11.6 Å². The Labute approximate surface area is 102 Å². The fourth-order valence-corrected chi connectivity index (χ4v) is 1.39. The van der Waals surface area contributed by atoms with Crippen molar-refractivity contribution >= 4 is 11.7 Å². The predicted molar refractivity (Wildman–Crippen MR) is 59.8 cm³/mol. The maximum absolute atomic E-state index is 11.3. The molecule has 0 bridgehead atoms. The molecular formula is C11H10N2O5. The molecule has 1 N–H and O–H groups in total. The zero-order chi connectivity index (χ0) is 13.7. The van der Waals surface area contributed by atoms with Crippen LogP contribution < -0.4 is 0 Å². The second-order valence-corrected chi connectivity index (χ2v) is 3.34. The summed E-state index contributed by atoms with van der Waals surface area (Å²) in [6.45, 7) is 1.80. The van der Waals surface area contributed by atoms with Crippen molar-refractivity contribution in [2.75, 3.05) is 6.61 Å². The molecule has 0 atom stereocenters. The quantitative estimate of drug-likeness (QED) is 0.489. The molecule has 18 heavy (non-hydrogen) atoms. The van der Waals surface area contributed by atoms with Gasteiger partial charge in [0.1, 0.15) is 5.75 Å². The van der Waals surface area contributed by atoms with Crippen LogP contribution in [0.15, 0.2) is 12.1 Å². The van der Waals surface area contributed by atoms with Crippen LogP contribution in [0.2, 0.25) is 0 Å². The predicted octanol–water partition coefficient (Wildman–Crippen LogP) is 1.28. The van der Waals surface area contributed by atoms with E-state index >= 15 is 0 Å². The van der Waals surface area contributed by atoms with Crippen molar-refractivity contribution in [1.82, 2.24) is 0 Å². The Bertz CT molecular complexity index is 533. The van der Waals surface area contributed by atoms with E-state index in [1.807, 2.05) is 0 Å². The molecule has 7 heteroatoms. The highest BCUT2D eigenvalue weighted by atomic mass is 16.6. The molecule has 0 amide bonds. The summed E-state index contributed by atoms with van der Waals surface area (Å²) >= 11 is 0. The van der Waals surface area contributed by atoms with Crippen molar-refractivity contribution in [3.8, 4) is 11.8 Å². The van der Waals surface area contributed by atoms with Crippen molar-refractivity contribution in [2.45, 2.75) is 13.3 Å². The standard InChI is InChI=1S/C11H10N2O5/c1-2-18-11(15)5-9-7(6-12)3-8(13(16)17)4-10(9)14/h3-4,14H,2,5H2,1H3. The van der Waals surface area contributed by atoms with Crippen molar-refractivity contribution in [3.63, 3.8) is 0 Å². The van der Waals surface area contributed by atoms with E-state index in [2.05, 4.69) is 4.74 Å². The third-order valence-electron chi connectivity index (χ3n) is 2.17. The Morgan fingerprint density at radius 2 is 2.28 bits per heavy atom. The van der Waals surface area contributed by atoms with Crippen LogP contribution in [-0.2, 0) is 16.0 Å². The molecule has 0 fully saturated rings. The van der Waals surface area contributed by atoms with E-state index in [-0.39, 0.29) is 24.2 Å². The van der Waals surface area contributed by atoms with Crippen LogP contribution >= 0.6 is 0 Å². The van der Waals surface area contributed by atoms with Gasteiger partial charge in [-0.15, -0.1) is 0 Å². The van der Waals surface area contributed by atoms with Crippen LogP contribution in [0.5, 0.6) is 5.75 Å².